The molecule has 0 aliphatic carbocycles. The van der Waals surface area contributed by atoms with E-state index in [1.807, 2.05) is 18.2 Å². The van der Waals surface area contributed by atoms with E-state index < -0.39 is 0 Å². The van der Waals surface area contributed by atoms with Crippen LogP contribution >= 0.6 is 24.0 Å². The zero-order valence-electron chi connectivity index (χ0n) is 13.5. The topological polar surface area (TPSA) is 78.1 Å². The fourth-order valence-corrected chi connectivity index (χ4v) is 2.21. The van der Waals surface area contributed by atoms with Gasteiger partial charge < -0.3 is 25.3 Å². The number of anilines is 1. The third-order valence-electron chi connectivity index (χ3n) is 3.43. The number of nitrogens with zero attached hydrogens (tertiary/aromatic N) is 1. The van der Waals surface area contributed by atoms with Crippen molar-refractivity contribution in [1.29, 1.82) is 0 Å². The van der Waals surface area contributed by atoms with Gasteiger partial charge in [-0.1, -0.05) is 11.6 Å². The van der Waals surface area contributed by atoms with Gasteiger partial charge in [0, 0.05) is 18.3 Å². The first kappa shape index (κ1) is 19.6. The van der Waals surface area contributed by atoms with E-state index in [2.05, 4.69) is 16.4 Å². The highest BCUT2D eigenvalue weighted by Crippen LogP contribution is 2.29. The van der Waals surface area contributed by atoms with Crippen LogP contribution in [0.25, 0.3) is 0 Å². The first-order valence-corrected chi connectivity index (χ1v) is 7.27. The Kier molecular flexibility index (Phi) is 8.78. The van der Waals surface area contributed by atoms with Gasteiger partial charge in [-0.2, -0.15) is 0 Å². The lowest BCUT2D eigenvalue weighted by atomic mass is 10.1. The summed E-state index contributed by atoms with van der Waals surface area (Å²) in [5.41, 5.74) is 8.10. The maximum Gasteiger partial charge on any atom is 0.193 e. The van der Waals surface area contributed by atoms with Gasteiger partial charge in [-0.15, -0.1) is 24.0 Å². The zero-order chi connectivity index (χ0) is 15.8. The van der Waals surface area contributed by atoms with E-state index in [0.717, 1.165) is 25.1 Å². The Bertz CT molecular complexity index is 562. The van der Waals surface area contributed by atoms with E-state index in [4.69, 9.17) is 19.9 Å². The monoisotopic (exact) mass is 433 g/mol. The SMILES string of the molecule is COc1ccc(NC(N)=NCCC2=CCOCC2)cc1OC.I. The summed E-state index contributed by atoms with van der Waals surface area (Å²) < 4.78 is 15.7. The van der Waals surface area contributed by atoms with Gasteiger partial charge in [0.2, 0.25) is 0 Å². The highest BCUT2D eigenvalue weighted by Gasteiger charge is 2.06. The molecule has 0 radical (unpaired) electrons. The van der Waals surface area contributed by atoms with Crippen LogP contribution in [0.3, 0.4) is 0 Å². The van der Waals surface area contributed by atoms with Crippen molar-refractivity contribution >= 4 is 35.6 Å². The van der Waals surface area contributed by atoms with E-state index in [0.29, 0.717) is 30.6 Å². The number of hydrogen-bond donors (Lipinski definition) is 2. The molecule has 6 nitrogen and oxygen atoms in total. The number of halogens is 1. The molecule has 1 aromatic carbocycles. The minimum absolute atomic E-state index is 0. The van der Waals surface area contributed by atoms with Crippen molar-refractivity contribution < 1.29 is 14.2 Å². The second kappa shape index (κ2) is 10.3. The molecule has 3 N–H and O–H groups in total. The lowest BCUT2D eigenvalue weighted by molar-refractivity contribution is 0.153. The van der Waals surface area contributed by atoms with Crippen molar-refractivity contribution in [1.82, 2.24) is 0 Å². The summed E-state index contributed by atoms with van der Waals surface area (Å²) in [6.07, 6.45) is 4.02. The van der Waals surface area contributed by atoms with E-state index in [1.54, 1.807) is 14.2 Å². The van der Waals surface area contributed by atoms with Gasteiger partial charge in [0.1, 0.15) is 0 Å². The van der Waals surface area contributed by atoms with Gasteiger partial charge in [-0.3, -0.25) is 4.99 Å². The summed E-state index contributed by atoms with van der Waals surface area (Å²) in [6.45, 7) is 2.17. The van der Waals surface area contributed by atoms with Gasteiger partial charge in [-0.05, 0) is 25.0 Å². The van der Waals surface area contributed by atoms with Crippen LogP contribution in [0.2, 0.25) is 0 Å². The van der Waals surface area contributed by atoms with Crippen LogP contribution in [0.5, 0.6) is 11.5 Å². The Morgan fingerprint density at radius 1 is 1.30 bits per heavy atom. The third kappa shape index (κ3) is 6.26. The van der Waals surface area contributed by atoms with Gasteiger partial charge in [0.15, 0.2) is 17.5 Å². The first-order chi connectivity index (χ1) is 10.7. The average molecular weight is 433 g/mol. The van der Waals surface area contributed by atoms with E-state index >= 15 is 0 Å². The number of guanidine groups is 1. The summed E-state index contributed by atoms with van der Waals surface area (Å²) in [7, 11) is 3.20. The van der Waals surface area contributed by atoms with Crippen LogP contribution in [0.1, 0.15) is 12.8 Å². The van der Waals surface area contributed by atoms with Crippen LogP contribution in [0.15, 0.2) is 34.8 Å². The summed E-state index contributed by atoms with van der Waals surface area (Å²) in [6, 6.07) is 5.51. The number of aliphatic imine (C=N–C) groups is 1. The first-order valence-electron chi connectivity index (χ1n) is 7.27. The van der Waals surface area contributed by atoms with Crippen molar-refractivity contribution in [3.8, 4) is 11.5 Å². The number of nitrogens with two attached hydrogens (primary N) is 1. The number of ether oxygens (including phenoxy) is 3. The smallest absolute Gasteiger partial charge is 0.193 e. The third-order valence-corrected chi connectivity index (χ3v) is 3.43. The molecule has 128 valence electrons. The molecular formula is C16H24IN3O3. The van der Waals surface area contributed by atoms with Gasteiger partial charge in [-0.25, -0.2) is 0 Å². The zero-order valence-corrected chi connectivity index (χ0v) is 15.8. The van der Waals surface area contributed by atoms with Crippen molar-refractivity contribution in [3.63, 3.8) is 0 Å². The van der Waals surface area contributed by atoms with Crippen LogP contribution in [0, 0.1) is 0 Å². The number of rotatable bonds is 6. The average Bonchev–Trinajstić information content (AvgIpc) is 2.55. The molecule has 0 atom stereocenters. The quantitative estimate of drug-likeness (QED) is 0.312. The number of nitrogens with one attached hydrogen (secondary N) is 1. The molecule has 0 amide bonds. The minimum Gasteiger partial charge on any atom is -0.493 e. The molecule has 7 heteroatoms. The van der Waals surface area contributed by atoms with Crippen LogP contribution in [-0.2, 0) is 4.74 Å². The summed E-state index contributed by atoms with van der Waals surface area (Å²) in [4.78, 5) is 4.34. The lowest BCUT2D eigenvalue weighted by Crippen LogP contribution is -2.23. The van der Waals surface area contributed by atoms with Crippen LogP contribution in [0.4, 0.5) is 5.69 Å². The van der Waals surface area contributed by atoms with Crippen molar-refractivity contribution in [2.24, 2.45) is 10.7 Å². The van der Waals surface area contributed by atoms with E-state index in [-0.39, 0.29) is 24.0 Å². The molecule has 0 unspecified atom stereocenters. The normalized spacial score (nSPS) is 14.5. The fraction of sp³-hybridized carbons (Fsp3) is 0.438. The second-order valence-electron chi connectivity index (χ2n) is 4.90. The fourth-order valence-electron chi connectivity index (χ4n) is 2.21. The Hall–Kier alpha value is -1.48. The minimum atomic E-state index is 0. The predicted molar refractivity (Wildman–Crippen MR) is 103 cm³/mol. The molecule has 2 rings (SSSR count). The standard InChI is InChI=1S/C16H23N3O3.HI/c1-20-14-4-3-13(11-15(14)21-2)19-16(17)18-8-5-12-6-9-22-10-7-12;/h3-4,6,11H,5,7-10H2,1-2H3,(H3,17,18,19);1H. The molecule has 1 aliphatic heterocycles. The van der Waals surface area contributed by atoms with Crippen molar-refractivity contribution in [2.75, 3.05) is 39.3 Å². The van der Waals surface area contributed by atoms with Gasteiger partial charge >= 0.3 is 0 Å². The molecule has 0 bridgehead atoms. The van der Waals surface area contributed by atoms with E-state index in [1.165, 1.54) is 5.57 Å². The number of benzene rings is 1. The molecule has 1 heterocycles. The van der Waals surface area contributed by atoms with Crippen molar-refractivity contribution in [2.45, 2.75) is 12.8 Å². The summed E-state index contributed by atoms with van der Waals surface area (Å²) >= 11 is 0. The molecular weight excluding hydrogens is 409 g/mol. The molecule has 0 spiro atoms. The molecule has 23 heavy (non-hydrogen) atoms. The number of methoxy groups -OCH3 is 2. The van der Waals surface area contributed by atoms with Gasteiger partial charge in [0.05, 0.1) is 27.4 Å². The molecule has 1 aromatic rings. The molecule has 0 aromatic heterocycles. The Morgan fingerprint density at radius 3 is 2.74 bits per heavy atom. The Balaban J connectivity index is 0.00000264. The van der Waals surface area contributed by atoms with E-state index in [9.17, 15) is 0 Å². The Labute approximate surface area is 154 Å². The Morgan fingerprint density at radius 2 is 2.09 bits per heavy atom. The summed E-state index contributed by atoms with van der Waals surface area (Å²) in [5, 5.41) is 3.05. The molecule has 0 saturated heterocycles. The molecule has 1 aliphatic rings. The maximum absolute atomic E-state index is 5.91. The highest BCUT2D eigenvalue weighted by molar-refractivity contribution is 14.0. The largest absolute Gasteiger partial charge is 0.493 e. The number of hydrogen-bond acceptors (Lipinski definition) is 4. The van der Waals surface area contributed by atoms with Crippen molar-refractivity contribution in [3.05, 3.63) is 29.8 Å². The van der Waals surface area contributed by atoms with Crippen LogP contribution in [-0.4, -0.2) is 39.9 Å². The predicted octanol–water partition coefficient (Wildman–Crippen LogP) is 2.79. The molecule has 0 saturated carbocycles. The maximum atomic E-state index is 5.91. The van der Waals surface area contributed by atoms with Gasteiger partial charge in [0.25, 0.3) is 0 Å². The summed E-state index contributed by atoms with van der Waals surface area (Å²) in [5.74, 6) is 1.71. The molecule has 0 fully saturated rings. The van der Waals surface area contributed by atoms with Crippen LogP contribution < -0.4 is 20.5 Å². The second-order valence-corrected chi connectivity index (χ2v) is 4.90. The highest BCUT2D eigenvalue weighted by atomic mass is 127. The lowest BCUT2D eigenvalue weighted by Gasteiger charge is -2.13.